The summed E-state index contributed by atoms with van der Waals surface area (Å²) in [5.41, 5.74) is -1.23. The first-order chi connectivity index (χ1) is 6.93. The minimum atomic E-state index is -1.87. The van der Waals surface area contributed by atoms with Crippen molar-refractivity contribution in [1.82, 2.24) is 4.98 Å². The number of hydrogen-bond acceptors (Lipinski definition) is 4. The van der Waals surface area contributed by atoms with Crippen molar-refractivity contribution in [2.75, 3.05) is 11.9 Å². The van der Waals surface area contributed by atoms with Gasteiger partial charge in [0, 0.05) is 0 Å². The summed E-state index contributed by atoms with van der Waals surface area (Å²) >= 11 is 0. The third kappa shape index (κ3) is 2.33. The van der Waals surface area contributed by atoms with Crippen LogP contribution in [0.2, 0.25) is 0 Å². The van der Waals surface area contributed by atoms with Crippen LogP contribution in [0.3, 0.4) is 0 Å². The Morgan fingerprint density at radius 2 is 1.67 bits per heavy atom. The zero-order chi connectivity index (χ0) is 11.6. The summed E-state index contributed by atoms with van der Waals surface area (Å²) in [7, 11) is 0. The molecule has 0 aliphatic rings. The van der Waals surface area contributed by atoms with Crippen molar-refractivity contribution in [3.05, 3.63) is 23.5 Å². The minimum absolute atomic E-state index is 0.989. The lowest BCUT2D eigenvalue weighted by molar-refractivity contribution is -0.302. The lowest BCUT2D eigenvalue weighted by Crippen LogP contribution is -2.30. The highest BCUT2D eigenvalue weighted by molar-refractivity contribution is 5.70. The van der Waals surface area contributed by atoms with Crippen molar-refractivity contribution >= 4 is 11.7 Å². The lowest BCUT2D eigenvalue weighted by atomic mass is 10.3. The third-order valence-electron chi connectivity index (χ3n) is 1.41. The molecular formula is C7H3F4N2O2-. The van der Waals surface area contributed by atoms with Crippen LogP contribution in [0.15, 0.2) is 0 Å². The predicted molar refractivity (Wildman–Crippen MR) is 37.6 cm³/mol. The molecule has 0 saturated carbocycles. The van der Waals surface area contributed by atoms with Gasteiger partial charge in [0.25, 0.3) is 11.9 Å². The van der Waals surface area contributed by atoms with Gasteiger partial charge < -0.3 is 15.2 Å². The number of carboxylic acid groups (broad SMARTS) is 1. The number of rotatable bonds is 3. The quantitative estimate of drug-likeness (QED) is 0.569. The second-order valence-electron chi connectivity index (χ2n) is 2.42. The second-order valence-corrected chi connectivity index (χ2v) is 2.42. The maximum absolute atomic E-state index is 12.8. The van der Waals surface area contributed by atoms with Gasteiger partial charge in [0.2, 0.25) is 11.6 Å². The minimum Gasteiger partial charge on any atom is -0.548 e. The molecule has 1 N–H and O–H groups in total. The summed E-state index contributed by atoms with van der Waals surface area (Å²) in [5.74, 6) is -9.01. The number of hydrogen-bond donors (Lipinski definition) is 1. The van der Waals surface area contributed by atoms with E-state index in [0.717, 1.165) is 0 Å². The maximum Gasteiger partial charge on any atom is 0.253 e. The molecule has 0 aliphatic carbocycles. The molecule has 0 saturated heterocycles. The third-order valence-corrected chi connectivity index (χ3v) is 1.41. The molecule has 0 aliphatic heterocycles. The Hall–Kier alpha value is -1.86. The molecule has 0 amide bonds. The molecule has 4 nitrogen and oxygen atoms in total. The van der Waals surface area contributed by atoms with Crippen LogP contribution in [0.1, 0.15) is 0 Å². The van der Waals surface area contributed by atoms with Crippen LogP contribution >= 0.6 is 0 Å². The number of nitrogens with one attached hydrogen (secondary N) is 1. The van der Waals surface area contributed by atoms with E-state index >= 15 is 0 Å². The van der Waals surface area contributed by atoms with E-state index in [-0.39, 0.29) is 0 Å². The normalized spacial score (nSPS) is 10.1. The maximum atomic E-state index is 12.8. The summed E-state index contributed by atoms with van der Waals surface area (Å²) in [6, 6.07) is 0. The van der Waals surface area contributed by atoms with E-state index in [1.54, 1.807) is 5.32 Å². The molecule has 1 aromatic heterocycles. The van der Waals surface area contributed by atoms with Gasteiger partial charge in [-0.15, -0.1) is 0 Å². The van der Waals surface area contributed by atoms with Crippen LogP contribution in [-0.2, 0) is 4.79 Å². The van der Waals surface area contributed by atoms with Gasteiger partial charge in [-0.3, -0.25) is 0 Å². The van der Waals surface area contributed by atoms with Crippen molar-refractivity contribution in [2.45, 2.75) is 0 Å². The zero-order valence-electron chi connectivity index (χ0n) is 6.98. The van der Waals surface area contributed by atoms with Crippen molar-refractivity contribution in [3.63, 3.8) is 0 Å². The Bertz CT molecular complexity index is 384. The van der Waals surface area contributed by atoms with Crippen LogP contribution in [-0.4, -0.2) is 17.5 Å². The average Bonchev–Trinajstić information content (AvgIpc) is 2.14. The number of halogens is 4. The molecule has 0 radical (unpaired) electrons. The Morgan fingerprint density at radius 1 is 1.20 bits per heavy atom. The van der Waals surface area contributed by atoms with Crippen molar-refractivity contribution < 1.29 is 27.5 Å². The van der Waals surface area contributed by atoms with Crippen molar-refractivity contribution in [1.29, 1.82) is 0 Å². The molecule has 0 unspecified atom stereocenters. The summed E-state index contributed by atoms with van der Waals surface area (Å²) in [6.07, 6.45) is 0. The molecule has 82 valence electrons. The number of pyridine rings is 1. The largest absolute Gasteiger partial charge is 0.548 e. The van der Waals surface area contributed by atoms with Gasteiger partial charge in [0.05, 0.1) is 12.5 Å². The van der Waals surface area contributed by atoms with Gasteiger partial charge in [0.15, 0.2) is 0 Å². The van der Waals surface area contributed by atoms with Gasteiger partial charge in [-0.25, -0.2) is 0 Å². The predicted octanol–water partition coefficient (Wildman–Crippen LogP) is -0.200. The zero-order valence-corrected chi connectivity index (χ0v) is 6.98. The highest BCUT2D eigenvalue weighted by Crippen LogP contribution is 2.21. The Labute approximate surface area is 80.5 Å². The first kappa shape index (κ1) is 11.2. The highest BCUT2D eigenvalue weighted by atomic mass is 19.2. The number of nitrogens with zero attached hydrogens (tertiary/aromatic N) is 1. The van der Waals surface area contributed by atoms with Crippen LogP contribution in [0.25, 0.3) is 0 Å². The molecule has 0 bridgehead atoms. The molecule has 0 aromatic carbocycles. The molecule has 15 heavy (non-hydrogen) atoms. The van der Waals surface area contributed by atoms with E-state index in [2.05, 4.69) is 4.98 Å². The van der Waals surface area contributed by atoms with E-state index in [1.165, 1.54) is 0 Å². The second kappa shape index (κ2) is 4.11. The number of carbonyl (C=O) groups is 1. The van der Waals surface area contributed by atoms with Crippen LogP contribution in [0.5, 0.6) is 0 Å². The smallest absolute Gasteiger partial charge is 0.253 e. The van der Waals surface area contributed by atoms with E-state index in [4.69, 9.17) is 0 Å². The SMILES string of the molecule is O=C([O-])CNc1c(F)c(F)nc(F)c1F. The van der Waals surface area contributed by atoms with E-state index in [0.29, 0.717) is 0 Å². The van der Waals surface area contributed by atoms with Gasteiger partial charge >= 0.3 is 0 Å². The van der Waals surface area contributed by atoms with Crippen molar-refractivity contribution in [3.8, 4) is 0 Å². The fraction of sp³-hybridized carbons (Fsp3) is 0.143. The summed E-state index contributed by atoms with van der Waals surface area (Å²) in [4.78, 5) is 12.2. The highest BCUT2D eigenvalue weighted by Gasteiger charge is 2.20. The molecule has 1 aromatic rings. The molecule has 0 atom stereocenters. The Kier molecular flexibility index (Phi) is 3.08. The Morgan fingerprint density at radius 3 is 2.07 bits per heavy atom. The molecule has 0 fully saturated rings. The number of carboxylic acids is 1. The van der Waals surface area contributed by atoms with E-state index in [1.807, 2.05) is 0 Å². The Balaban J connectivity index is 3.09. The van der Waals surface area contributed by atoms with Gasteiger partial charge in [-0.05, 0) is 0 Å². The van der Waals surface area contributed by atoms with Crippen LogP contribution in [0, 0.1) is 23.5 Å². The first-order valence-corrected chi connectivity index (χ1v) is 3.57. The van der Waals surface area contributed by atoms with Gasteiger partial charge in [-0.1, -0.05) is 0 Å². The lowest BCUT2D eigenvalue weighted by Gasteiger charge is -2.09. The number of aromatic nitrogens is 1. The van der Waals surface area contributed by atoms with Gasteiger partial charge in [-0.2, -0.15) is 22.5 Å². The number of anilines is 1. The number of aliphatic carboxylic acids is 1. The van der Waals surface area contributed by atoms with Gasteiger partial charge in [0.1, 0.15) is 5.69 Å². The average molecular weight is 223 g/mol. The molecular weight excluding hydrogens is 220 g/mol. The first-order valence-electron chi connectivity index (χ1n) is 3.57. The topological polar surface area (TPSA) is 65.0 Å². The van der Waals surface area contributed by atoms with Crippen molar-refractivity contribution in [2.24, 2.45) is 0 Å². The fourth-order valence-electron chi connectivity index (χ4n) is 0.803. The molecule has 1 heterocycles. The summed E-state index contributed by atoms with van der Waals surface area (Å²) in [5, 5.41) is 11.6. The summed E-state index contributed by atoms with van der Waals surface area (Å²) < 4.78 is 50.4. The molecule has 8 heteroatoms. The summed E-state index contributed by atoms with van der Waals surface area (Å²) in [6.45, 7) is -0.989. The number of carbonyl (C=O) groups excluding carboxylic acids is 1. The molecule has 0 spiro atoms. The van der Waals surface area contributed by atoms with E-state index < -0.39 is 41.7 Å². The monoisotopic (exact) mass is 223 g/mol. The van der Waals surface area contributed by atoms with Crippen LogP contribution < -0.4 is 10.4 Å². The fourth-order valence-corrected chi connectivity index (χ4v) is 0.803. The standard InChI is InChI=1S/C7H4F4N2O2/c8-3-5(12-1-2(14)15)4(9)7(11)13-6(3)10/h1H2,(H,12,13)(H,14,15)/p-1. The van der Waals surface area contributed by atoms with E-state index in [9.17, 15) is 27.5 Å². The molecule has 1 rings (SSSR count). The van der Waals surface area contributed by atoms with Crippen LogP contribution in [0.4, 0.5) is 23.2 Å².